The molecule has 0 saturated carbocycles. The van der Waals surface area contributed by atoms with E-state index in [-0.39, 0.29) is 0 Å². The van der Waals surface area contributed by atoms with E-state index in [1.807, 2.05) is 29.6 Å². The van der Waals surface area contributed by atoms with Crippen LogP contribution in [0.2, 0.25) is 0 Å². The van der Waals surface area contributed by atoms with Gasteiger partial charge in [-0.05, 0) is 31.9 Å². The first-order chi connectivity index (χ1) is 10.7. The summed E-state index contributed by atoms with van der Waals surface area (Å²) in [5.41, 5.74) is 6.16. The number of nitrogens with zero attached hydrogens (tertiary/aromatic N) is 2. The van der Waals surface area contributed by atoms with Crippen molar-refractivity contribution in [3.05, 3.63) is 29.6 Å². The van der Waals surface area contributed by atoms with E-state index < -0.39 is 0 Å². The van der Waals surface area contributed by atoms with E-state index in [1.165, 1.54) is 19.3 Å². The number of hydrogen-bond acceptors (Lipinski definition) is 5. The molecule has 0 radical (unpaired) electrons. The number of hydrazone groups is 1. The molecule has 1 N–H and O–H groups in total. The van der Waals surface area contributed by atoms with Crippen LogP contribution in [0, 0.1) is 0 Å². The normalized spacial score (nSPS) is 11.5. The fraction of sp³-hybridized carbons (Fsp3) is 0.412. The van der Waals surface area contributed by atoms with Gasteiger partial charge in [-0.1, -0.05) is 31.9 Å². The zero-order chi connectivity index (χ0) is 15.8. The van der Waals surface area contributed by atoms with Crippen LogP contribution < -0.4 is 10.2 Å². The van der Waals surface area contributed by atoms with Crippen molar-refractivity contribution in [1.29, 1.82) is 0 Å². The van der Waals surface area contributed by atoms with Crippen LogP contribution in [-0.4, -0.2) is 17.8 Å². The SMILES string of the molecule is CCCCC/C(C)=N/Nc1nc(-c2cccc(OC)c2)cs1. The van der Waals surface area contributed by atoms with Crippen LogP contribution in [0.25, 0.3) is 11.3 Å². The van der Waals surface area contributed by atoms with Crippen molar-refractivity contribution >= 4 is 22.2 Å². The summed E-state index contributed by atoms with van der Waals surface area (Å²) in [4.78, 5) is 4.57. The average molecular weight is 317 g/mol. The van der Waals surface area contributed by atoms with Crippen LogP contribution in [-0.2, 0) is 0 Å². The highest BCUT2D eigenvalue weighted by atomic mass is 32.1. The third kappa shape index (κ3) is 4.84. The lowest BCUT2D eigenvalue weighted by atomic mass is 10.1. The Bertz CT molecular complexity index is 622. The number of hydrogen-bond donors (Lipinski definition) is 1. The van der Waals surface area contributed by atoms with Crippen LogP contribution in [0.1, 0.15) is 39.5 Å². The second-order valence-corrected chi connectivity index (χ2v) is 6.04. The van der Waals surface area contributed by atoms with Crippen LogP contribution in [0.5, 0.6) is 5.75 Å². The molecule has 0 atom stereocenters. The number of aromatic nitrogens is 1. The number of nitrogens with one attached hydrogen (secondary N) is 1. The third-order valence-electron chi connectivity index (χ3n) is 3.35. The molecule has 0 unspecified atom stereocenters. The lowest BCUT2D eigenvalue weighted by Crippen LogP contribution is -1.97. The summed E-state index contributed by atoms with van der Waals surface area (Å²) >= 11 is 1.56. The van der Waals surface area contributed by atoms with Crippen molar-refractivity contribution in [3.8, 4) is 17.0 Å². The van der Waals surface area contributed by atoms with E-state index in [0.717, 1.165) is 34.3 Å². The molecule has 0 saturated heterocycles. The van der Waals surface area contributed by atoms with Gasteiger partial charge >= 0.3 is 0 Å². The Hall–Kier alpha value is -1.88. The molecule has 0 aliphatic carbocycles. The van der Waals surface area contributed by atoms with E-state index in [1.54, 1.807) is 18.4 Å². The molecular formula is C17H23N3OS. The van der Waals surface area contributed by atoms with E-state index in [0.29, 0.717) is 0 Å². The number of rotatable bonds is 8. The van der Waals surface area contributed by atoms with Crippen molar-refractivity contribution in [2.24, 2.45) is 5.10 Å². The smallest absolute Gasteiger partial charge is 0.203 e. The van der Waals surface area contributed by atoms with Gasteiger partial charge in [-0.3, -0.25) is 5.43 Å². The van der Waals surface area contributed by atoms with Crippen molar-refractivity contribution in [1.82, 2.24) is 4.98 Å². The molecule has 22 heavy (non-hydrogen) atoms. The monoisotopic (exact) mass is 317 g/mol. The molecule has 1 aromatic heterocycles. The molecule has 0 aliphatic rings. The second-order valence-electron chi connectivity index (χ2n) is 5.19. The zero-order valence-electron chi connectivity index (χ0n) is 13.4. The predicted molar refractivity (Wildman–Crippen MR) is 95.0 cm³/mol. The Morgan fingerprint density at radius 2 is 2.23 bits per heavy atom. The van der Waals surface area contributed by atoms with E-state index in [4.69, 9.17) is 4.74 Å². The maximum atomic E-state index is 5.25. The molecule has 2 rings (SSSR count). The van der Waals surface area contributed by atoms with Gasteiger partial charge in [0, 0.05) is 16.7 Å². The van der Waals surface area contributed by atoms with Crippen LogP contribution in [0.15, 0.2) is 34.7 Å². The van der Waals surface area contributed by atoms with Gasteiger partial charge in [0.25, 0.3) is 0 Å². The minimum atomic E-state index is 0.813. The molecule has 0 bridgehead atoms. The number of ether oxygens (including phenoxy) is 1. The molecule has 0 amide bonds. The highest BCUT2D eigenvalue weighted by Gasteiger charge is 2.05. The Balaban J connectivity index is 1.97. The summed E-state index contributed by atoms with van der Waals surface area (Å²) in [6.07, 6.45) is 4.72. The lowest BCUT2D eigenvalue weighted by molar-refractivity contribution is 0.415. The van der Waals surface area contributed by atoms with E-state index in [9.17, 15) is 0 Å². The summed E-state index contributed by atoms with van der Waals surface area (Å²) in [6.45, 7) is 4.26. The topological polar surface area (TPSA) is 46.5 Å². The quantitative estimate of drug-likeness (QED) is 0.414. The van der Waals surface area contributed by atoms with Gasteiger partial charge in [0.05, 0.1) is 12.8 Å². The standard InChI is InChI=1S/C17H23N3OS/c1-4-5-6-8-13(2)19-20-17-18-16(12-22-17)14-9-7-10-15(11-14)21-3/h7,9-12H,4-6,8H2,1-3H3,(H,18,20)/b19-13+. The van der Waals surface area contributed by atoms with Gasteiger partial charge in [-0.15, -0.1) is 11.3 Å². The molecule has 0 spiro atoms. The van der Waals surface area contributed by atoms with Crippen LogP contribution in [0.4, 0.5) is 5.13 Å². The molecule has 0 aliphatic heterocycles. The number of thiazole rings is 1. The highest BCUT2D eigenvalue weighted by Crippen LogP contribution is 2.27. The van der Waals surface area contributed by atoms with Gasteiger partial charge in [-0.2, -0.15) is 5.10 Å². The first kappa shape index (κ1) is 16.5. The maximum Gasteiger partial charge on any atom is 0.203 e. The fourth-order valence-electron chi connectivity index (χ4n) is 2.07. The third-order valence-corrected chi connectivity index (χ3v) is 4.10. The van der Waals surface area contributed by atoms with Crippen molar-refractivity contribution in [3.63, 3.8) is 0 Å². The Labute approximate surface area is 136 Å². The highest BCUT2D eigenvalue weighted by molar-refractivity contribution is 7.14. The summed E-state index contributed by atoms with van der Waals surface area (Å²) in [5.74, 6) is 0.838. The van der Waals surface area contributed by atoms with Gasteiger partial charge in [0.2, 0.25) is 5.13 Å². The minimum Gasteiger partial charge on any atom is -0.497 e. The molecule has 2 aromatic rings. The van der Waals surface area contributed by atoms with Gasteiger partial charge in [0.1, 0.15) is 5.75 Å². The van der Waals surface area contributed by atoms with Gasteiger partial charge < -0.3 is 4.74 Å². The number of anilines is 1. The first-order valence-corrected chi connectivity index (χ1v) is 8.50. The zero-order valence-corrected chi connectivity index (χ0v) is 14.2. The van der Waals surface area contributed by atoms with Crippen molar-refractivity contribution in [2.45, 2.75) is 39.5 Å². The first-order valence-electron chi connectivity index (χ1n) is 7.62. The molecular weight excluding hydrogens is 294 g/mol. The average Bonchev–Trinajstić information content (AvgIpc) is 3.02. The molecule has 4 nitrogen and oxygen atoms in total. The Kier molecular flexibility index (Phi) is 6.40. The van der Waals surface area contributed by atoms with E-state index in [2.05, 4.69) is 29.4 Å². The minimum absolute atomic E-state index is 0.813. The van der Waals surface area contributed by atoms with Crippen LogP contribution >= 0.6 is 11.3 Å². The molecule has 118 valence electrons. The molecule has 5 heteroatoms. The summed E-state index contributed by atoms with van der Waals surface area (Å²) < 4.78 is 5.25. The summed E-state index contributed by atoms with van der Waals surface area (Å²) in [6, 6.07) is 7.91. The molecule has 0 fully saturated rings. The number of unbranched alkanes of at least 4 members (excludes halogenated alkanes) is 2. The van der Waals surface area contributed by atoms with Crippen molar-refractivity contribution < 1.29 is 4.74 Å². The van der Waals surface area contributed by atoms with Crippen molar-refractivity contribution in [2.75, 3.05) is 12.5 Å². The summed E-state index contributed by atoms with van der Waals surface area (Å²) in [5, 5.41) is 7.24. The maximum absolute atomic E-state index is 5.25. The van der Waals surface area contributed by atoms with E-state index >= 15 is 0 Å². The molecule has 1 aromatic carbocycles. The fourth-order valence-corrected chi connectivity index (χ4v) is 2.73. The summed E-state index contributed by atoms with van der Waals surface area (Å²) in [7, 11) is 1.67. The Morgan fingerprint density at radius 3 is 3.00 bits per heavy atom. The predicted octanol–water partition coefficient (Wildman–Crippen LogP) is 5.19. The van der Waals surface area contributed by atoms with Gasteiger partial charge in [-0.25, -0.2) is 4.98 Å². The number of methoxy groups -OCH3 is 1. The Morgan fingerprint density at radius 1 is 1.36 bits per heavy atom. The number of benzene rings is 1. The molecule has 1 heterocycles. The largest absolute Gasteiger partial charge is 0.497 e. The second kappa shape index (κ2) is 8.54. The van der Waals surface area contributed by atoms with Crippen LogP contribution in [0.3, 0.4) is 0 Å². The lowest BCUT2D eigenvalue weighted by Gasteiger charge is -2.02. The van der Waals surface area contributed by atoms with Gasteiger partial charge in [0.15, 0.2) is 0 Å².